The Bertz CT molecular complexity index is 611. The highest BCUT2D eigenvalue weighted by Gasteiger charge is 2.26. The zero-order chi connectivity index (χ0) is 17.8. The number of carbonyl (C=O) groups is 2. The van der Waals surface area contributed by atoms with Crippen molar-refractivity contribution in [1.29, 1.82) is 0 Å². The molecule has 3 rings (SSSR count). The van der Waals surface area contributed by atoms with Crippen LogP contribution in [-0.4, -0.2) is 57.6 Å². The minimum absolute atomic E-state index is 0.0115. The van der Waals surface area contributed by atoms with E-state index in [2.05, 4.69) is 5.10 Å². The van der Waals surface area contributed by atoms with Gasteiger partial charge in [0.05, 0.1) is 5.69 Å². The molecule has 1 aliphatic heterocycles. The van der Waals surface area contributed by atoms with Crippen LogP contribution in [0.5, 0.6) is 0 Å². The van der Waals surface area contributed by atoms with Crippen molar-refractivity contribution < 1.29 is 9.59 Å². The predicted molar refractivity (Wildman–Crippen MR) is 96.2 cm³/mol. The highest BCUT2D eigenvalue weighted by atomic mass is 16.2. The molecule has 1 aromatic heterocycles. The van der Waals surface area contributed by atoms with Gasteiger partial charge in [0.1, 0.15) is 5.69 Å². The molecule has 6 heteroatoms. The molecule has 0 aromatic carbocycles. The Hall–Kier alpha value is -1.85. The third-order valence-corrected chi connectivity index (χ3v) is 5.63. The molecule has 0 bridgehead atoms. The van der Waals surface area contributed by atoms with Gasteiger partial charge in [-0.15, -0.1) is 0 Å². The summed E-state index contributed by atoms with van der Waals surface area (Å²) < 4.78 is 1.64. The van der Waals surface area contributed by atoms with Crippen molar-refractivity contribution in [1.82, 2.24) is 19.6 Å². The molecule has 1 aliphatic carbocycles. The average molecular weight is 346 g/mol. The molecule has 0 N–H and O–H groups in total. The van der Waals surface area contributed by atoms with Crippen LogP contribution in [-0.2, 0) is 11.8 Å². The van der Waals surface area contributed by atoms with E-state index in [1.165, 1.54) is 32.1 Å². The van der Waals surface area contributed by atoms with Crippen LogP contribution in [0.15, 0.2) is 6.07 Å². The molecule has 2 fully saturated rings. The maximum Gasteiger partial charge on any atom is 0.272 e. The lowest BCUT2D eigenvalue weighted by Gasteiger charge is -2.35. The number of amides is 2. The van der Waals surface area contributed by atoms with Crippen LogP contribution >= 0.6 is 0 Å². The Morgan fingerprint density at radius 3 is 2.32 bits per heavy atom. The SMILES string of the molecule is Cc1cc(C(=O)N2CCN(C(=O)CCC3CCCCC3)CC2)n(C)n1. The Balaban J connectivity index is 1.45. The summed E-state index contributed by atoms with van der Waals surface area (Å²) in [5.74, 6) is 1.01. The number of hydrogen-bond donors (Lipinski definition) is 0. The fraction of sp³-hybridized carbons (Fsp3) is 0.737. The lowest BCUT2D eigenvalue weighted by atomic mass is 9.86. The topological polar surface area (TPSA) is 58.4 Å². The first kappa shape index (κ1) is 18.0. The maximum atomic E-state index is 12.6. The second-order valence-corrected chi connectivity index (χ2v) is 7.51. The van der Waals surface area contributed by atoms with Gasteiger partial charge in [-0.1, -0.05) is 32.1 Å². The minimum atomic E-state index is 0.0115. The van der Waals surface area contributed by atoms with Crippen LogP contribution < -0.4 is 0 Å². The third kappa shape index (κ3) is 4.41. The molecule has 0 unspecified atom stereocenters. The van der Waals surface area contributed by atoms with Gasteiger partial charge in [0, 0.05) is 39.6 Å². The van der Waals surface area contributed by atoms with Crippen LogP contribution in [0.2, 0.25) is 0 Å². The average Bonchev–Trinajstić information content (AvgIpc) is 2.98. The summed E-state index contributed by atoms with van der Waals surface area (Å²) in [4.78, 5) is 28.8. The molecule has 6 nitrogen and oxygen atoms in total. The molecule has 0 atom stereocenters. The van der Waals surface area contributed by atoms with E-state index in [0.717, 1.165) is 18.0 Å². The number of hydrogen-bond acceptors (Lipinski definition) is 3. The Labute approximate surface area is 150 Å². The van der Waals surface area contributed by atoms with E-state index in [-0.39, 0.29) is 11.8 Å². The van der Waals surface area contributed by atoms with Crippen molar-refractivity contribution >= 4 is 11.8 Å². The number of piperazine rings is 1. The second-order valence-electron chi connectivity index (χ2n) is 7.51. The Morgan fingerprint density at radius 1 is 1.08 bits per heavy atom. The van der Waals surface area contributed by atoms with Crippen molar-refractivity contribution in [2.75, 3.05) is 26.2 Å². The van der Waals surface area contributed by atoms with Crippen LogP contribution in [0.4, 0.5) is 0 Å². The smallest absolute Gasteiger partial charge is 0.272 e. The lowest BCUT2D eigenvalue weighted by Crippen LogP contribution is -2.50. The molecule has 1 saturated heterocycles. The quantitative estimate of drug-likeness (QED) is 0.841. The van der Waals surface area contributed by atoms with E-state index in [9.17, 15) is 9.59 Å². The highest BCUT2D eigenvalue weighted by Crippen LogP contribution is 2.27. The largest absolute Gasteiger partial charge is 0.339 e. The highest BCUT2D eigenvalue weighted by molar-refractivity contribution is 5.93. The van der Waals surface area contributed by atoms with Gasteiger partial charge >= 0.3 is 0 Å². The van der Waals surface area contributed by atoms with Crippen LogP contribution in [0.3, 0.4) is 0 Å². The van der Waals surface area contributed by atoms with Crippen molar-refractivity contribution in [2.45, 2.75) is 51.9 Å². The first-order valence-corrected chi connectivity index (χ1v) is 9.62. The van der Waals surface area contributed by atoms with Crippen molar-refractivity contribution in [3.8, 4) is 0 Å². The van der Waals surface area contributed by atoms with Crippen molar-refractivity contribution in [3.05, 3.63) is 17.5 Å². The molecular weight excluding hydrogens is 316 g/mol. The van der Waals surface area contributed by atoms with Crippen molar-refractivity contribution in [2.24, 2.45) is 13.0 Å². The Morgan fingerprint density at radius 2 is 1.72 bits per heavy atom. The summed E-state index contributed by atoms with van der Waals surface area (Å²) in [6.45, 7) is 4.40. The molecule has 2 aliphatic rings. The lowest BCUT2D eigenvalue weighted by molar-refractivity contribution is -0.133. The number of nitrogens with zero attached hydrogens (tertiary/aromatic N) is 4. The Kier molecular flexibility index (Phi) is 5.76. The fourth-order valence-electron chi connectivity index (χ4n) is 4.09. The van der Waals surface area contributed by atoms with Gasteiger partial charge in [-0.3, -0.25) is 14.3 Å². The molecule has 1 saturated carbocycles. The second kappa shape index (κ2) is 8.02. The summed E-state index contributed by atoms with van der Waals surface area (Å²) in [5.41, 5.74) is 1.47. The zero-order valence-electron chi connectivity index (χ0n) is 15.5. The standard InChI is InChI=1S/C19H30N4O2/c1-15-14-17(21(2)20-15)19(25)23-12-10-22(11-13-23)18(24)9-8-16-6-4-3-5-7-16/h14,16H,3-13H2,1-2H3. The van der Waals surface area contributed by atoms with Gasteiger partial charge < -0.3 is 9.80 Å². The van der Waals surface area contributed by atoms with Gasteiger partial charge in [-0.2, -0.15) is 5.10 Å². The van der Waals surface area contributed by atoms with Crippen molar-refractivity contribution in [3.63, 3.8) is 0 Å². The molecule has 2 amide bonds. The molecule has 25 heavy (non-hydrogen) atoms. The number of aryl methyl sites for hydroxylation is 2. The maximum absolute atomic E-state index is 12.6. The van der Waals surface area contributed by atoms with E-state index in [1.54, 1.807) is 11.7 Å². The van der Waals surface area contributed by atoms with E-state index >= 15 is 0 Å². The monoisotopic (exact) mass is 346 g/mol. The van der Waals surface area contributed by atoms with E-state index < -0.39 is 0 Å². The summed E-state index contributed by atoms with van der Waals surface area (Å²) >= 11 is 0. The van der Waals surface area contributed by atoms with E-state index in [4.69, 9.17) is 0 Å². The summed E-state index contributed by atoms with van der Waals surface area (Å²) in [7, 11) is 1.80. The number of rotatable bonds is 4. The molecule has 0 radical (unpaired) electrons. The number of aromatic nitrogens is 2. The fourth-order valence-corrected chi connectivity index (χ4v) is 4.09. The molecule has 138 valence electrons. The number of carbonyl (C=O) groups excluding carboxylic acids is 2. The molecular formula is C19H30N4O2. The van der Waals surface area contributed by atoms with Crippen LogP contribution in [0.25, 0.3) is 0 Å². The van der Waals surface area contributed by atoms with Crippen LogP contribution in [0.1, 0.15) is 61.1 Å². The summed E-state index contributed by atoms with van der Waals surface area (Å²) in [5, 5.41) is 4.24. The first-order valence-electron chi connectivity index (χ1n) is 9.62. The first-order chi connectivity index (χ1) is 12.0. The van der Waals surface area contributed by atoms with Gasteiger partial charge in [0.2, 0.25) is 5.91 Å². The van der Waals surface area contributed by atoms with Gasteiger partial charge in [0.15, 0.2) is 0 Å². The summed E-state index contributed by atoms with van der Waals surface area (Å²) in [6, 6.07) is 1.82. The molecule has 1 aromatic rings. The molecule has 0 spiro atoms. The van der Waals surface area contributed by atoms with E-state index in [0.29, 0.717) is 38.3 Å². The molecule has 2 heterocycles. The third-order valence-electron chi connectivity index (χ3n) is 5.63. The van der Waals surface area contributed by atoms with E-state index in [1.807, 2.05) is 22.8 Å². The van der Waals surface area contributed by atoms with Gasteiger partial charge in [0.25, 0.3) is 5.91 Å². The van der Waals surface area contributed by atoms with Gasteiger partial charge in [-0.25, -0.2) is 0 Å². The van der Waals surface area contributed by atoms with Gasteiger partial charge in [-0.05, 0) is 25.3 Å². The summed E-state index contributed by atoms with van der Waals surface area (Å²) in [6.07, 6.45) is 8.29. The predicted octanol–water partition coefficient (Wildman–Crippen LogP) is 2.37. The minimum Gasteiger partial charge on any atom is -0.339 e. The van der Waals surface area contributed by atoms with Crippen LogP contribution in [0, 0.1) is 12.8 Å². The normalized spacial score (nSPS) is 19.3. The zero-order valence-corrected chi connectivity index (χ0v) is 15.5.